The zero-order valence-corrected chi connectivity index (χ0v) is 10.8. The number of sulfonamides is 1. The number of hydrogen-bond donors (Lipinski definition) is 2. The summed E-state index contributed by atoms with van der Waals surface area (Å²) < 4.78 is 21.5. The maximum absolute atomic E-state index is 10.7. The lowest BCUT2D eigenvalue weighted by Crippen LogP contribution is -2.44. The number of likely N-dealkylation sites (tertiary alicyclic amines) is 1. The van der Waals surface area contributed by atoms with Crippen LogP contribution in [0, 0.1) is 0 Å². The fourth-order valence-electron chi connectivity index (χ4n) is 2.08. The molecule has 96 valence electrons. The molecule has 0 aromatic carbocycles. The van der Waals surface area contributed by atoms with Crippen LogP contribution >= 0.6 is 0 Å². The van der Waals surface area contributed by atoms with Gasteiger partial charge in [-0.2, -0.15) is 0 Å². The molecule has 1 aliphatic heterocycles. The van der Waals surface area contributed by atoms with Crippen LogP contribution in [0.25, 0.3) is 0 Å². The van der Waals surface area contributed by atoms with Crippen molar-refractivity contribution in [2.75, 3.05) is 31.9 Å². The Hall–Kier alpha value is -0.170. The molecule has 0 aromatic rings. The zero-order chi connectivity index (χ0) is 12.0. The lowest BCUT2D eigenvalue weighted by Gasteiger charge is -2.32. The van der Waals surface area contributed by atoms with Gasteiger partial charge in [-0.15, -0.1) is 0 Å². The number of rotatable bonds is 6. The highest BCUT2D eigenvalue weighted by Gasteiger charge is 2.18. The van der Waals surface area contributed by atoms with Gasteiger partial charge >= 0.3 is 0 Å². The highest BCUT2D eigenvalue weighted by Crippen LogP contribution is 2.10. The Morgan fingerprint density at radius 3 is 2.50 bits per heavy atom. The normalized spacial score (nSPS) is 20.1. The fraction of sp³-hybridized carbons (Fsp3) is 1.00. The van der Waals surface area contributed by atoms with E-state index >= 15 is 0 Å². The molecule has 5 nitrogen and oxygen atoms in total. The molecule has 0 saturated carbocycles. The van der Waals surface area contributed by atoms with E-state index in [-0.39, 0.29) is 5.75 Å². The first-order chi connectivity index (χ1) is 7.51. The van der Waals surface area contributed by atoms with Gasteiger partial charge in [0.05, 0.1) is 5.75 Å². The Balaban J connectivity index is 2.13. The van der Waals surface area contributed by atoms with E-state index in [1.807, 2.05) is 0 Å². The summed E-state index contributed by atoms with van der Waals surface area (Å²) in [5.41, 5.74) is 0. The summed E-state index contributed by atoms with van der Waals surface area (Å²) >= 11 is 0. The van der Waals surface area contributed by atoms with Gasteiger partial charge in [0.15, 0.2) is 0 Å². The molecule has 0 bridgehead atoms. The largest absolute Gasteiger partial charge is 0.313 e. The molecule has 0 amide bonds. The van der Waals surface area contributed by atoms with Gasteiger partial charge in [0.1, 0.15) is 0 Å². The summed E-state index contributed by atoms with van der Waals surface area (Å²) in [7, 11) is -3.32. The molecule has 0 aromatic heterocycles. The second-order valence-corrected chi connectivity index (χ2v) is 6.17. The highest BCUT2D eigenvalue weighted by atomic mass is 32.2. The SMILES string of the molecule is CCCN1CCC(NCCS(N)(=O)=O)CC1. The maximum Gasteiger partial charge on any atom is 0.210 e. The van der Waals surface area contributed by atoms with Crippen molar-refractivity contribution in [3.8, 4) is 0 Å². The Morgan fingerprint density at radius 2 is 2.00 bits per heavy atom. The Kier molecular flexibility index (Phi) is 5.68. The van der Waals surface area contributed by atoms with Crippen molar-refractivity contribution in [1.82, 2.24) is 10.2 Å². The summed E-state index contributed by atoms with van der Waals surface area (Å²) in [5.74, 6) is 0.0299. The molecule has 1 rings (SSSR count). The molecule has 1 heterocycles. The van der Waals surface area contributed by atoms with Gasteiger partial charge in [0.2, 0.25) is 10.0 Å². The summed E-state index contributed by atoms with van der Waals surface area (Å²) in [5, 5.41) is 8.19. The second-order valence-electron chi connectivity index (χ2n) is 4.44. The molecule has 1 fully saturated rings. The van der Waals surface area contributed by atoms with E-state index in [2.05, 4.69) is 17.1 Å². The number of nitrogens with two attached hydrogens (primary N) is 1. The van der Waals surface area contributed by atoms with Crippen LogP contribution in [0.5, 0.6) is 0 Å². The molecule has 0 atom stereocenters. The molecule has 0 unspecified atom stereocenters. The molecule has 6 heteroatoms. The van der Waals surface area contributed by atoms with E-state index < -0.39 is 10.0 Å². The van der Waals surface area contributed by atoms with Gasteiger partial charge in [-0.05, 0) is 38.9 Å². The van der Waals surface area contributed by atoms with Crippen molar-refractivity contribution >= 4 is 10.0 Å². The highest BCUT2D eigenvalue weighted by molar-refractivity contribution is 7.89. The maximum atomic E-state index is 10.7. The molecule has 0 spiro atoms. The van der Waals surface area contributed by atoms with Crippen molar-refractivity contribution in [3.05, 3.63) is 0 Å². The fourth-order valence-corrected chi connectivity index (χ4v) is 2.48. The average Bonchev–Trinajstić information content (AvgIpc) is 2.19. The van der Waals surface area contributed by atoms with Gasteiger partial charge in [0.25, 0.3) is 0 Å². The molecule has 1 saturated heterocycles. The molecule has 1 aliphatic rings. The first kappa shape index (κ1) is 13.9. The minimum Gasteiger partial charge on any atom is -0.313 e. The lowest BCUT2D eigenvalue weighted by molar-refractivity contribution is 0.199. The molecule has 0 aliphatic carbocycles. The van der Waals surface area contributed by atoms with Crippen LogP contribution in [-0.4, -0.2) is 51.3 Å². The standard InChI is InChI=1S/C10H23N3O2S/c1-2-6-13-7-3-10(4-8-13)12-5-9-16(11,14)15/h10,12H,2-9H2,1H3,(H2,11,14,15). The van der Waals surface area contributed by atoms with Crippen molar-refractivity contribution in [1.29, 1.82) is 0 Å². The third-order valence-electron chi connectivity index (χ3n) is 2.95. The smallest absolute Gasteiger partial charge is 0.210 e. The number of primary sulfonamides is 1. The molecular formula is C10H23N3O2S. The Morgan fingerprint density at radius 1 is 1.38 bits per heavy atom. The van der Waals surface area contributed by atoms with Crippen LogP contribution < -0.4 is 10.5 Å². The van der Waals surface area contributed by atoms with Crippen LogP contribution in [0.2, 0.25) is 0 Å². The number of nitrogens with zero attached hydrogens (tertiary/aromatic N) is 1. The van der Waals surface area contributed by atoms with Gasteiger partial charge in [0, 0.05) is 12.6 Å². The van der Waals surface area contributed by atoms with Gasteiger partial charge < -0.3 is 10.2 Å². The van der Waals surface area contributed by atoms with Crippen molar-refractivity contribution in [2.45, 2.75) is 32.2 Å². The van der Waals surface area contributed by atoms with E-state index in [9.17, 15) is 8.42 Å². The van der Waals surface area contributed by atoms with E-state index in [4.69, 9.17) is 5.14 Å². The van der Waals surface area contributed by atoms with Crippen LogP contribution in [0.3, 0.4) is 0 Å². The van der Waals surface area contributed by atoms with Gasteiger partial charge in [-0.1, -0.05) is 6.92 Å². The summed E-state index contributed by atoms with van der Waals surface area (Å²) in [6, 6.07) is 0.454. The van der Waals surface area contributed by atoms with Crippen molar-refractivity contribution in [2.24, 2.45) is 5.14 Å². The van der Waals surface area contributed by atoms with Gasteiger partial charge in [-0.3, -0.25) is 0 Å². The quantitative estimate of drug-likeness (QED) is 0.680. The minimum atomic E-state index is -3.32. The topological polar surface area (TPSA) is 75.4 Å². The number of nitrogens with one attached hydrogen (secondary N) is 1. The van der Waals surface area contributed by atoms with E-state index in [1.165, 1.54) is 13.0 Å². The second kappa shape index (κ2) is 6.54. The summed E-state index contributed by atoms with van der Waals surface area (Å²) in [6.07, 6.45) is 3.40. The predicted molar refractivity (Wildman–Crippen MR) is 65.7 cm³/mol. The third-order valence-corrected chi connectivity index (χ3v) is 3.72. The predicted octanol–water partition coefficient (Wildman–Crippen LogP) is -0.261. The van der Waals surface area contributed by atoms with Crippen LogP contribution in [0.15, 0.2) is 0 Å². The first-order valence-corrected chi connectivity index (χ1v) is 7.69. The molecule has 3 N–H and O–H groups in total. The lowest BCUT2D eigenvalue weighted by atomic mass is 10.1. The molecule has 0 radical (unpaired) electrons. The minimum absolute atomic E-state index is 0.0299. The van der Waals surface area contributed by atoms with Gasteiger partial charge in [-0.25, -0.2) is 13.6 Å². The zero-order valence-electron chi connectivity index (χ0n) is 9.98. The van der Waals surface area contributed by atoms with Crippen molar-refractivity contribution < 1.29 is 8.42 Å². The third kappa shape index (κ3) is 5.79. The molecular weight excluding hydrogens is 226 g/mol. The number of piperidine rings is 1. The van der Waals surface area contributed by atoms with Crippen LogP contribution in [-0.2, 0) is 10.0 Å². The summed E-state index contributed by atoms with van der Waals surface area (Å²) in [4.78, 5) is 2.46. The Labute approximate surface area is 98.4 Å². The first-order valence-electron chi connectivity index (χ1n) is 5.97. The summed E-state index contributed by atoms with van der Waals surface area (Å²) in [6.45, 7) is 6.05. The average molecular weight is 249 g/mol. The van der Waals surface area contributed by atoms with E-state index in [0.29, 0.717) is 12.6 Å². The van der Waals surface area contributed by atoms with Crippen LogP contribution in [0.4, 0.5) is 0 Å². The van der Waals surface area contributed by atoms with Crippen LogP contribution in [0.1, 0.15) is 26.2 Å². The van der Waals surface area contributed by atoms with E-state index in [0.717, 1.165) is 25.9 Å². The monoisotopic (exact) mass is 249 g/mol. The van der Waals surface area contributed by atoms with Crippen molar-refractivity contribution in [3.63, 3.8) is 0 Å². The molecule has 16 heavy (non-hydrogen) atoms. The number of hydrogen-bond acceptors (Lipinski definition) is 4. The Bertz CT molecular complexity index is 284. The van der Waals surface area contributed by atoms with E-state index in [1.54, 1.807) is 0 Å².